The Hall–Kier alpha value is -1.16. The van der Waals surface area contributed by atoms with Crippen LogP contribution in [0.15, 0.2) is 29.2 Å². The van der Waals surface area contributed by atoms with Crippen LogP contribution in [0.5, 0.6) is 0 Å². The van der Waals surface area contributed by atoms with Crippen LogP contribution in [-0.2, 0) is 24.7 Å². The van der Waals surface area contributed by atoms with E-state index in [1.807, 2.05) is 0 Å². The molecule has 138 valence electrons. The molecule has 3 rings (SSSR count). The summed E-state index contributed by atoms with van der Waals surface area (Å²) in [7, 11) is -6.74. The highest BCUT2D eigenvalue weighted by molar-refractivity contribution is 7.91. The topological polar surface area (TPSA) is 91.8 Å². The number of carbonyl (C=O) groups excluding carboxylic acids is 1. The standard InChI is InChI=1S/C15H19ClN2O5S2/c16-13-1-3-14(4-2-13)25(22,23)18-8-6-17(7-9-18)15(19)12-5-10-24(20,21)11-12/h1-4,12H,5-11H2/t12-/m1/s1. The number of rotatable bonds is 3. The number of hydrogen-bond acceptors (Lipinski definition) is 5. The van der Waals surface area contributed by atoms with Gasteiger partial charge in [0, 0.05) is 31.2 Å². The second kappa shape index (κ2) is 6.86. The van der Waals surface area contributed by atoms with Crippen molar-refractivity contribution in [1.82, 2.24) is 9.21 Å². The molecule has 1 aromatic carbocycles. The Bertz CT molecular complexity index is 860. The molecule has 0 saturated carbocycles. The highest BCUT2D eigenvalue weighted by Crippen LogP contribution is 2.23. The van der Waals surface area contributed by atoms with E-state index in [1.54, 1.807) is 4.90 Å². The van der Waals surface area contributed by atoms with Crippen LogP contribution in [0.2, 0.25) is 5.02 Å². The van der Waals surface area contributed by atoms with Gasteiger partial charge < -0.3 is 4.90 Å². The summed E-state index contributed by atoms with van der Waals surface area (Å²) in [4.78, 5) is 14.2. The smallest absolute Gasteiger partial charge is 0.243 e. The van der Waals surface area contributed by atoms with Gasteiger partial charge in [-0.15, -0.1) is 0 Å². The second-order valence-electron chi connectivity index (χ2n) is 6.28. The molecule has 0 N–H and O–H groups in total. The average molecular weight is 407 g/mol. The van der Waals surface area contributed by atoms with Crippen LogP contribution in [0.3, 0.4) is 0 Å². The van der Waals surface area contributed by atoms with Gasteiger partial charge in [-0.2, -0.15) is 4.31 Å². The molecule has 0 aromatic heterocycles. The minimum absolute atomic E-state index is 0.0499. The molecule has 25 heavy (non-hydrogen) atoms. The molecule has 2 aliphatic rings. The molecule has 10 heteroatoms. The predicted octanol–water partition coefficient (Wildman–Crippen LogP) is 0.608. The fraction of sp³-hybridized carbons (Fsp3) is 0.533. The van der Waals surface area contributed by atoms with E-state index >= 15 is 0 Å². The minimum atomic E-state index is -3.62. The van der Waals surface area contributed by atoms with Crippen molar-refractivity contribution in [3.8, 4) is 0 Å². The highest BCUT2D eigenvalue weighted by atomic mass is 35.5. The molecule has 2 aliphatic heterocycles. The molecule has 7 nitrogen and oxygen atoms in total. The lowest BCUT2D eigenvalue weighted by molar-refractivity contribution is -0.135. The molecule has 0 unspecified atom stereocenters. The monoisotopic (exact) mass is 406 g/mol. The average Bonchev–Trinajstić information content (AvgIpc) is 2.95. The fourth-order valence-corrected chi connectivity index (χ4v) is 6.43. The predicted molar refractivity (Wildman–Crippen MR) is 93.6 cm³/mol. The number of benzene rings is 1. The Morgan fingerprint density at radius 3 is 2.20 bits per heavy atom. The third-order valence-electron chi connectivity index (χ3n) is 4.58. The first-order valence-electron chi connectivity index (χ1n) is 7.94. The maximum Gasteiger partial charge on any atom is 0.243 e. The summed E-state index contributed by atoms with van der Waals surface area (Å²) in [5.74, 6) is -0.738. The Labute approximate surface area is 152 Å². The van der Waals surface area contributed by atoms with Gasteiger partial charge in [-0.25, -0.2) is 16.8 Å². The van der Waals surface area contributed by atoms with Crippen molar-refractivity contribution in [1.29, 1.82) is 0 Å². The summed E-state index contributed by atoms with van der Waals surface area (Å²) < 4.78 is 49.6. The number of amides is 1. The second-order valence-corrected chi connectivity index (χ2v) is 10.9. The number of nitrogens with zero attached hydrogens (tertiary/aromatic N) is 2. The van der Waals surface area contributed by atoms with Crippen LogP contribution >= 0.6 is 11.6 Å². The van der Waals surface area contributed by atoms with Crippen molar-refractivity contribution in [2.45, 2.75) is 11.3 Å². The first-order chi connectivity index (χ1) is 11.7. The van der Waals surface area contributed by atoms with E-state index in [0.717, 1.165) is 0 Å². The van der Waals surface area contributed by atoms with Crippen LogP contribution in [0.4, 0.5) is 0 Å². The highest BCUT2D eigenvalue weighted by Gasteiger charge is 2.37. The van der Waals surface area contributed by atoms with Crippen LogP contribution in [0.1, 0.15) is 6.42 Å². The lowest BCUT2D eigenvalue weighted by Gasteiger charge is -2.35. The van der Waals surface area contributed by atoms with Crippen molar-refractivity contribution in [2.75, 3.05) is 37.7 Å². The number of piperazine rings is 1. The van der Waals surface area contributed by atoms with Gasteiger partial charge in [0.05, 0.1) is 22.3 Å². The normalized spacial score (nSPS) is 24.4. The maximum absolute atomic E-state index is 12.6. The number of sulfonamides is 1. The Balaban J connectivity index is 1.63. The minimum Gasteiger partial charge on any atom is -0.340 e. The van der Waals surface area contributed by atoms with Crippen LogP contribution in [-0.4, -0.2) is 69.6 Å². The summed E-state index contributed by atoms with van der Waals surface area (Å²) in [5.41, 5.74) is 0. The van der Waals surface area contributed by atoms with Gasteiger partial charge in [-0.1, -0.05) is 11.6 Å². The van der Waals surface area contributed by atoms with Crippen molar-refractivity contribution >= 4 is 37.4 Å². The van der Waals surface area contributed by atoms with Crippen molar-refractivity contribution in [2.24, 2.45) is 5.92 Å². The third-order valence-corrected chi connectivity index (χ3v) is 8.52. The van der Waals surface area contributed by atoms with Gasteiger partial charge in [-0.05, 0) is 30.7 Å². The molecule has 1 amide bonds. The molecule has 2 saturated heterocycles. The van der Waals surface area contributed by atoms with Crippen molar-refractivity contribution in [3.05, 3.63) is 29.3 Å². The van der Waals surface area contributed by atoms with E-state index in [1.165, 1.54) is 28.6 Å². The molecule has 0 aliphatic carbocycles. The van der Waals surface area contributed by atoms with Gasteiger partial charge in [0.2, 0.25) is 15.9 Å². The summed E-state index contributed by atoms with van der Waals surface area (Å²) in [6, 6.07) is 5.96. The molecule has 1 aromatic rings. The molecular weight excluding hydrogens is 388 g/mol. The summed E-state index contributed by atoms with van der Waals surface area (Å²) in [6.07, 6.45) is 0.352. The van der Waals surface area contributed by atoms with E-state index in [-0.39, 0.29) is 48.5 Å². The molecule has 0 radical (unpaired) electrons. The number of hydrogen-bond donors (Lipinski definition) is 0. The molecule has 0 spiro atoms. The van der Waals surface area contributed by atoms with E-state index in [9.17, 15) is 21.6 Å². The first-order valence-corrected chi connectivity index (χ1v) is 11.6. The molecular formula is C15H19ClN2O5S2. The van der Waals surface area contributed by atoms with E-state index in [2.05, 4.69) is 0 Å². The lowest BCUT2D eigenvalue weighted by Crippen LogP contribution is -2.52. The number of carbonyl (C=O) groups is 1. The van der Waals surface area contributed by atoms with Crippen molar-refractivity contribution < 1.29 is 21.6 Å². The van der Waals surface area contributed by atoms with Gasteiger partial charge >= 0.3 is 0 Å². The first kappa shape index (κ1) is 18.6. The van der Waals surface area contributed by atoms with Crippen molar-refractivity contribution in [3.63, 3.8) is 0 Å². The number of sulfone groups is 1. The van der Waals surface area contributed by atoms with E-state index in [4.69, 9.17) is 11.6 Å². The van der Waals surface area contributed by atoms with E-state index in [0.29, 0.717) is 11.4 Å². The largest absolute Gasteiger partial charge is 0.340 e. The summed E-state index contributed by atoms with van der Waals surface area (Å²) >= 11 is 5.79. The number of halogens is 1. The van der Waals surface area contributed by atoms with Crippen LogP contribution in [0, 0.1) is 5.92 Å². The van der Waals surface area contributed by atoms with Gasteiger partial charge in [0.1, 0.15) is 0 Å². The zero-order chi connectivity index (χ0) is 18.2. The SMILES string of the molecule is O=C([C@@H]1CCS(=O)(=O)C1)N1CCN(S(=O)(=O)c2ccc(Cl)cc2)CC1. The summed E-state index contributed by atoms with van der Waals surface area (Å²) in [6.45, 7) is 0.913. The zero-order valence-electron chi connectivity index (χ0n) is 13.5. The van der Waals surface area contributed by atoms with Crippen LogP contribution < -0.4 is 0 Å². The van der Waals surface area contributed by atoms with Gasteiger partial charge in [-0.3, -0.25) is 4.79 Å². The van der Waals surface area contributed by atoms with Gasteiger partial charge in [0.25, 0.3) is 0 Å². The molecule has 2 fully saturated rings. The Kier molecular flexibility index (Phi) is 5.11. The molecule has 1 atom stereocenters. The van der Waals surface area contributed by atoms with Crippen LogP contribution in [0.25, 0.3) is 0 Å². The fourth-order valence-electron chi connectivity index (χ4n) is 3.15. The lowest BCUT2D eigenvalue weighted by atomic mass is 10.1. The summed E-state index contributed by atoms with van der Waals surface area (Å²) in [5, 5.41) is 0.459. The zero-order valence-corrected chi connectivity index (χ0v) is 15.9. The maximum atomic E-state index is 12.6. The third kappa shape index (κ3) is 3.99. The Morgan fingerprint density at radius 1 is 1.08 bits per heavy atom. The van der Waals surface area contributed by atoms with E-state index < -0.39 is 25.8 Å². The quantitative estimate of drug-likeness (QED) is 0.733. The Morgan fingerprint density at radius 2 is 1.68 bits per heavy atom. The van der Waals surface area contributed by atoms with Gasteiger partial charge in [0.15, 0.2) is 9.84 Å². The molecule has 2 heterocycles. The molecule has 0 bridgehead atoms.